The van der Waals surface area contributed by atoms with Crippen molar-refractivity contribution < 1.29 is 39.1 Å². The van der Waals surface area contributed by atoms with Crippen LogP contribution < -0.4 is 0 Å². The zero-order valence-electron chi connectivity index (χ0n) is 31.6. The van der Waals surface area contributed by atoms with Crippen molar-refractivity contribution >= 4 is 0 Å². The molecule has 0 aromatic carbocycles. The van der Waals surface area contributed by atoms with Gasteiger partial charge in [-0.3, -0.25) is 0 Å². The molecule has 5 aliphatic rings. The molecule has 1 saturated heterocycles. The number of hydrogen-bond acceptors (Lipinski definition) is 2. The topological polar surface area (TPSA) is 113 Å². The molecule has 5 nitrogen and oxygen atoms in total. The second-order valence-electron chi connectivity index (χ2n) is 15.9. The third-order valence-corrected chi connectivity index (χ3v) is 10.6. The molecule has 5 fully saturated rings. The van der Waals surface area contributed by atoms with Crippen LogP contribution in [-0.4, -0.2) is 54.4 Å². The molecule has 0 bridgehead atoms. The van der Waals surface area contributed by atoms with Gasteiger partial charge in [-0.15, -0.1) is 0 Å². The van der Waals surface area contributed by atoms with Crippen LogP contribution in [0.15, 0.2) is 0 Å². The highest BCUT2D eigenvalue weighted by molar-refractivity contribution is 4.82. The van der Waals surface area contributed by atoms with Gasteiger partial charge >= 0.3 is 0 Å². The average molecular weight is 689 g/mol. The highest BCUT2D eigenvalue weighted by atomic mass is 19.1. The highest BCUT2D eigenvalue weighted by Crippen LogP contribution is 2.33. The van der Waals surface area contributed by atoms with E-state index in [-0.39, 0.29) is 42.0 Å². The van der Waals surface area contributed by atoms with Gasteiger partial charge in [0.2, 0.25) is 0 Å². The second kappa shape index (κ2) is 29.3. The smallest absolute Gasteiger partial charge is 0.154 e. The van der Waals surface area contributed by atoms with Crippen molar-refractivity contribution in [2.24, 2.45) is 53.3 Å². The highest BCUT2D eigenvalue weighted by Gasteiger charge is 2.33. The van der Waals surface area contributed by atoms with E-state index in [2.05, 4.69) is 41.5 Å². The maximum atomic E-state index is 12.8. The molecule has 8 heteroatoms. The van der Waals surface area contributed by atoms with Crippen molar-refractivity contribution in [1.82, 2.24) is 0 Å². The minimum absolute atomic E-state index is 0. The van der Waals surface area contributed by atoms with Gasteiger partial charge in [0, 0.05) is 11.8 Å². The van der Waals surface area contributed by atoms with E-state index in [1.54, 1.807) is 6.92 Å². The Kier molecular flexibility index (Phi) is 33.3. The third-order valence-electron chi connectivity index (χ3n) is 10.6. The van der Waals surface area contributed by atoms with E-state index in [4.69, 9.17) is 9.47 Å². The standard InChI is InChI=1S/C8H14F2.C8H15F.2C8H16.C6H12O2.CH4.3H2O/c1-5-3-7(9)6(2)8(10)4-5;1-6-3-4-7(2)8(9)5-6;2*1-7-3-5-8(2)6-4-7;1-5-3-7-6(2)8-4-5;;;;/h5-8H,3-4H2,1-2H3;6-8H,3-5H2,1-2H3;2*7-8H,3-6H2,1-2H3;5-6H,3-4H2,1-2H3;1H4;3*1H2. The lowest BCUT2D eigenvalue weighted by Crippen LogP contribution is -2.32. The molecule has 5 rings (SSSR count). The first-order valence-electron chi connectivity index (χ1n) is 18.3. The third kappa shape index (κ3) is 25.2. The van der Waals surface area contributed by atoms with Crippen LogP contribution in [-0.2, 0) is 9.47 Å². The Morgan fingerprint density at radius 2 is 0.681 bits per heavy atom. The van der Waals surface area contributed by atoms with Crippen LogP contribution in [0.3, 0.4) is 0 Å². The number of ether oxygens (including phenoxy) is 2. The van der Waals surface area contributed by atoms with E-state index in [0.717, 1.165) is 49.7 Å². The summed E-state index contributed by atoms with van der Waals surface area (Å²) in [7, 11) is 0. The van der Waals surface area contributed by atoms with Crippen LogP contribution in [0, 0.1) is 53.3 Å². The monoisotopic (exact) mass is 689 g/mol. The largest absolute Gasteiger partial charge is 0.412 e. The lowest BCUT2D eigenvalue weighted by atomic mass is 9.81. The SMILES string of the molecule is C.CC1CC(F)C(C)C(F)C1.CC1CCC(C)C(F)C1.CC1CCC(C)CC1.CC1CCC(C)CC1.CC1COC(C)OC1.O.O.O. The minimum atomic E-state index is -0.918. The molecule has 1 heterocycles. The van der Waals surface area contributed by atoms with Crippen LogP contribution in [0.1, 0.15) is 160 Å². The first kappa shape index (κ1) is 53.4. The number of hydrogen-bond donors (Lipinski definition) is 0. The molecular formula is C39H83F3O5. The first-order chi connectivity index (χ1) is 20.2. The summed E-state index contributed by atoms with van der Waals surface area (Å²) >= 11 is 0. The molecule has 47 heavy (non-hydrogen) atoms. The van der Waals surface area contributed by atoms with Crippen LogP contribution in [0.5, 0.6) is 0 Å². The Labute approximate surface area is 290 Å². The Balaban J connectivity index is -0.000000241. The van der Waals surface area contributed by atoms with Crippen molar-refractivity contribution in [2.45, 2.75) is 185 Å². The predicted molar refractivity (Wildman–Crippen MR) is 196 cm³/mol. The minimum Gasteiger partial charge on any atom is -0.412 e. The number of halogens is 3. The van der Waals surface area contributed by atoms with Crippen molar-refractivity contribution in [3.8, 4) is 0 Å². The van der Waals surface area contributed by atoms with Gasteiger partial charge in [-0.1, -0.05) is 128 Å². The molecule has 4 aliphatic carbocycles. The van der Waals surface area contributed by atoms with E-state index >= 15 is 0 Å². The van der Waals surface area contributed by atoms with Gasteiger partial charge < -0.3 is 25.9 Å². The van der Waals surface area contributed by atoms with Crippen molar-refractivity contribution in [2.75, 3.05) is 13.2 Å². The molecule has 0 radical (unpaired) electrons. The Hall–Kier alpha value is -0.410. The molecule has 5 unspecified atom stereocenters. The first-order valence-corrected chi connectivity index (χ1v) is 18.3. The van der Waals surface area contributed by atoms with Crippen LogP contribution in [0.25, 0.3) is 0 Å². The fraction of sp³-hybridized carbons (Fsp3) is 1.00. The lowest BCUT2D eigenvalue weighted by Gasteiger charge is -2.30. The van der Waals surface area contributed by atoms with E-state index in [1.165, 1.54) is 57.8 Å². The van der Waals surface area contributed by atoms with Crippen LogP contribution in [0.2, 0.25) is 0 Å². The molecule has 4 saturated carbocycles. The quantitative estimate of drug-likeness (QED) is 0.252. The summed E-state index contributed by atoms with van der Waals surface area (Å²) in [5.41, 5.74) is 0. The maximum Gasteiger partial charge on any atom is 0.154 e. The zero-order chi connectivity index (χ0) is 32.5. The van der Waals surface area contributed by atoms with E-state index in [9.17, 15) is 13.2 Å². The van der Waals surface area contributed by atoms with E-state index in [0.29, 0.717) is 30.6 Å². The molecule has 1 aliphatic heterocycles. The van der Waals surface area contributed by atoms with E-state index < -0.39 is 18.5 Å². The van der Waals surface area contributed by atoms with Gasteiger partial charge in [0.15, 0.2) is 6.29 Å². The summed E-state index contributed by atoms with van der Waals surface area (Å²) < 4.78 is 48.8. The Morgan fingerprint density at radius 3 is 0.957 bits per heavy atom. The lowest BCUT2D eigenvalue weighted by molar-refractivity contribution is -0.187. The molecule has 0 spiro atoms. The van der Waals surface area contributed by atoms with E-state index in [1.807, 2.05) is 20.8 Å². The van der Waals surface area contributed by atoms with Gasteiger partial charge in [-0.05, 0) is 74.0 Å². The average Bonchev–Trinajstić information content (AvgIpc) is 2.96. The maximum absolute atomic E-state index is 12.8. The number of alkyl halides is 3. The van der Waals surface area contributed by atoms with Crippen LogP contribution >= 0.6 is 0 Å². The summed E-state index contributed by atoms with van der Waals surface area (Å²) in [6.07, 6.45) is 13.6. The van der Waals surface area contributed by atoms with Crippen molar-refractivity contribution in [3.63, 3.8) is 0 Å². The molecule has 0 amide bonds. The fourth-order valence-corrected chi connectivity index (χ4v) is 6.53. The van der Waals surface area contributed by atoms with Gasteiger partial charge in [-0.25, -0.2) is 13.2 Å². The Bertz CT molecular complexity index is 575. The zero-order valence-corrected chi connectivity index (χ0v) is 31.6. The molecule has 5 atom stereocenters. The fourth-order valence-electron chi connectivity index (χ4n) is 6.53. The molecule has 0 aromatic rings. The summed E-state index contributed by atoms with van der Waals surface area (Å²) in [6.45, 7) is 22.9. The summed E-state index contributed by atoms with van der Waals surface area (Å²) in [6, 6.07) is 0. The van der Waals surface area contributed by atoms with Crippen LogP contribution in [0.4, 0.5) is 13.2 Å². The van der Waals surface area contributed by atoms with Crippen molar-refractivity contribution in [3.05, 3.63) is 0 Å². The normalized spacial score (nSPS) is 39.4. The Morgan fingerprint density at radius 1 is 0.383 bits per heavy atom. The summed E-state index contributed by atoms with van der Waals surface area (Å²) in [4.78, 5) is 0. The molecule has 290 valence electrons. The van der Waals surface area contributed by atoms with Crippen molar-refractivity contribution in [1.29, 1.82) is 0 Å². The van der Waals surface area contributed by atoms with Gasteiger partial charge in [0.1, 0.15) is 18.5 Å². The second-order valence-corrected chi connectivity index (χ2v) is 15.9. The van der Waals surface area contributed by atoms with Gasteiger partial charge in [-0.2, -0.15) is 0 Å². The molecule has 0 aromatic heterocycles. The van der Waals surface area contributed by atoms with Gasteiger partial charge in [0.25, 0.3) is 0 Å². The molecule has 6 N–H and O–H groups in total. The predicted octanol–water partition coefficient (Wildman–Crippen LogP) is 10.4. The number of rotatable bonds is 0. The summed E-state index contributed by atoms with van der Waals surface area (Å²) in [5, 5.41) is 0. The molecular weight excluding hydrogens is 605 g/mol. The van der Waals surface area contributed by atoms with Gasteiger partial charge in [0.05, 0.1) is 13.2 Å². The summed E-state index contributed by atoms with van der Waals surface area (Å²) in [5.74, 6) is 5.44.